The SMILES string of the molecule is Cc1cccc(C)c1NC(=O)c1cccc(CN)c1. The first-order valence-electron chi connectivity index (χ1n) is 6.28. The molecule has 0 heterocycles. The Morgan fingerprint density at radius 3 is 2.37 bits per heavy atom. The van der Waals surface area contributed by atoms with E-state index in [1.807, 2.05) is 50.2 Å². The van der Waals surface area contributed by atoms with E-state index in [1.54, 1.807) is 6.07 Å². The molecule has 0 aliphatic rings. The third-order valence-electron chi connectivity index (χ3n) is 3.14. The van der Waals surface area contributed by atoms with Crippen LogP contribution in [0.2, 0.25) is 0 Å². The first kappa shape index (κ1) is 13.3. The number of carbonyl (C=O) groups excluding carboxylic acids is 1. The molecule has 2 aromatic carbocycles. The summed E-state index contributed by atoms with van der Waals surface area (Å²) in [5.41, 5.74) is 10.2. The molecule has 0 aliphatic carbocycles. The second-order valence-corrected chi connectivity index (χ2v) is 4.63. The smallest absolute Gasteiger partial charge is 0.255 e. The lowest BCUT2D eigenvalue weighted by Gasteiger charge is -2.11. The van der Waals surface area contributed by atoms with Crippen LogP contribution in [-0.4, -0.2) is 5.91 Å². The number of para-hydroxylation sites is 1. The monoisotopic (exact) mass is 254 g/mol. The maximum Gasteiger partial charge on any atom is 0.255 e. The Morgan fingerprint density at radius 2 is 1.74 bits per heavy atom. The number of nitrogens with one attached hydrogen (secondary N) is 1. The van der Waals surface area contributed by atoms with Crippen LogP contribution in [0.5, 0.6) is 0 Å². The van der Waals surface area contributed by atoms with Crippen LogP contribution < -0.4 is 11.1 Å². The Labute approximate surface area is 113 Å². The lowest BCUT2D eigenvalue weighted by molar-refractivity contribution is 0.102. The minimum Gasteiger partial charge on any atom is -0.326 e. The van der Waals surface area contributed by atoms with Crippen LogP contribution in [0.4, 0.5) is 5.69 Å². The van der Waals surface area contributed by atoms with E-state index in [0.29, 0.717) is 12.1 Å². The molecule has 2 rings (SSSR count). The first-order chi connectivity index (χ1) is 9.11. The Hall–Kier alpha value is -2.13. The van der Waals surface area contributed by atoms with Crippen LogP contribution in [0.1, 0.15) is 27.0 Å². The molecule has 3 N–H and O–H groups in total. The summed E-state index contributed by atoms with van der Waals surface area (Å²) in [4.78, 5) is 12.2. The number of anilines is 1. The molecule has 0 radical (unpaired) electrons. The molecule has 3 nitrogen and oxygen atoms in total. The van der Waals surface area contributed by atoms with Gasteiger partial charge in [-0.25, -0.2) is 0 Å². The molecule has 0 unspecified atom stereocenters. The number of benzene rings is 2. The van der Waals surface area contributed by atoms with Crippen LogP contribution >= 0.6 is 0 Å². The summed E-state index contributed by atoms with van der Waals surface area (Å²) in [6.45, 7) is 4.41. The van der Waals surface area contributed by atoms with Crippen molar-refractivity contribution in [3.05, 3.63) is 64.7 Å². The number of aryl methyl sites for hydroxylation is 2. The van der Waals surface area contributed by atoms with Crippen LogP contribution in [0.25, 0.3) is 0 Å². The largest absolute Gasteiger partial charge is 0.326 e. The number of nitrogens with two attached hydrogens (primary N) is 1. The van der Waals surface area contributed by atoms with E-state index in [9.17, 15) is 4.79 Å². The number of hydrogen-bond donors (Lipinski definition) is 2. The molecule has 19 heavy (non-hydrogen) atoms. The van der Waals surface area contributed by atoms with E-state index < -0.39 is 0 Å². The molecule has 0 aromatic heterocycles. The third kappa shape index (κ3) is 3.01. The lowest BCUT2D eigenvalue weighted by atomic mass is 10.1. The van der Waals surface area contributed by atoms with Gasteiger partial charge in [-0.3, -0.25) is 4.79 Å². The molecule has 98 valence electrons. The summed E-state index contributed by atoms with van der Waals surface area (Å²) in [7, 11) is 0. The first-order valence-corrected chi connectivity index (χ1v) is 6.28. The Morgan fingerprint density at radius 1 is 1.11 bits per heavy atom. The van der Waals surface area contributed by atoms with Crippen LogP contribution in [0.3, 0.4) is 0 Å². The summed E-state index contributed by atoms with van der Waals surface area (Å²) in [5, 5.41) is 2.97. The van der Waals surface area contributed by atoms with E-state index >= 15 is 0 Å². The summed E-state index contributed by atoms with van der Waals surface area (Å²) in [6.07, 6.45) is 0. The highest BCUT2D eigenvalue weighted by atomic mass is 16.1. The standard InChI is InChI=1S/C16H18N2O/c1-11-5-3-6-12(2)15(11)18-16(19)14-8-4-7-13(9-14)10-17/h3-9H,10,17H2,1-2H3,(H,18,19). The zero-order valence-electron chi connectivity index (χ0n) is 11.2. The normalized spacial score (nSPS) is 10.3. The summed E-state index contributed by atoms with van der Waals surface area (Å²) >= 11 is 0. The van der Waals surface area contributed by atoms with Crippen molar-refractivity contribution in [2.45, 2.75) is 20.4 Å². The fraction of sp³-hybridized carbons (Fsp3) is 0.188. The minimum atomic E-state index is -0.104. The van der Waals surface area contributed by atoms with E-state index in [2.05, 4.69) is 5.32 Å². The fourth-order valence-electron chi connectivity index (χ4n) is 2.04. The molecule has 0 atom stereocenters. The molecule has 0 saturated heterocycles. The van der Waals surface area contributed by atoms with Crippen molar-refractivity contribution in [3.8, 4) is 0 Å². The van der Waals surface area contributed by atoms with Crippen molar-refractivity contribution < 1.29 is 4.79 Å². The van der Waals surface area contributed by atoms with E-state index in [-0.39, 0.29) is 5.91 Å². The maximum absolute atomic E-state index is 12.2. The van der Waals surface area contributed by atoms with Gasteiger partial charge in [0.1, 0.15) is 0 Å². The maximum atomic E-state index is 12.2. The van der Waals surface area contributed by atoms with E-state index in [4.69, 9.17) is 5.73 Å². The van der Waals surface area contributed by atoms with Gasteiger partial charge >= 0.3 is 0 Å². The Bertz CT molecular complexity index is 585. The van der Waals surface area contributed by atoms with Gasteiger partial charge in [0.15, 0.2) is 0 Å². The van der Waals surface area contributed by atoms with Crippen molar-refractivity contribution >= 4 is 11.6 Å². The number of rotatable bonds is 3. The second-order valence-electron chi connectivity index (χ2n) is 4.63. The highest BCUT2D eigenvalue weighted by molar-refractivity contribution is 6.05. The zero-order valence-corrected chi connectivity index (χ0v) is 11.2. The predicted octanol–water partition coefficient (Wildman–Crippen LogP) is 3.01. The van der Waals surface area contributed by atoms with E-state index in [1.165, 1.54) is 0 Å². The van der Waals surface area contributed by atoms with Crippen molar-refractivity contribution in [3.63, 3.8) is 0 Å². The van der Waals surface area contributed by atoms with Gasteiger partial charge in [0.2, 0.25) is 0 Å². The molecule has 0 aliphatic heterocycles. The molecule has 3 heteroatoms. The number of hydrogen-bond acceptors (Lipinski definition) is 2. The number of amides is 1. The van der Waals surface area contributed by atoms with Crippen LogP contribution in [0.15, 0.2) is 42.5 Å². The van der Waals surface area contributed by atoms with Gasteiger partial charge < -0.3 is 11.1 Å². The molecule has 0 spiro atoms. The zero-order chi connectivity index (χ0) is 13.8. The minimum absolute atomic E-state index is 0.104. The quantitative estimate of drug-likeness (QED) is 0.884. The van der Waals surface area contributed by atoms with Gasteiger partial charge in [0.25, 0.3) is 5.91 Å². The molecule has 0 saturated carbocycles. The highest BCUT2D eigenvalue weighted by Gasteiger charge is 2.09. The molecule has 1 amide bonds. The second kappa shape index (κ2) is 5.67. The van der Waals surface area contributed by atoms with E-state index in [0.717, 1.165) is 22.4 Å². The Balaban J connectivity index is 2.25. The van der Waals surface area contributed by atoms with Gasteiger partial charge in [0.05, 0.1) is 0 Å². The average molecular weight is 254 g/mol. The molecular weight excluding hydrogens is 236 g/mol. The van der Waals surface area contributed by atoms with Gasteiger partial charge in [0, 0.05) is 17.8 Å². The van der Waals surface area contributed by atoms with Gasteiger partial charge in [-0.15, -0.1) is 0 Å². The van der Waals surface area contributed by atoms with Gasteiger partial charge in [-0.2, -0.15) is 0 Å². The van der Waals surface area contributed by atoms with Crippen molar-refractivity contribution in [1.82, 2.24) is 0 Å². The average Bonchev–Trinajstić information content (AvgIpc) is 2.43. The summed E-state index contributed by atoms with van der Waals surface area (Å²) in [5.74, 6) is -0.104. The van der Waals surface area contributed by atoms with Crippen LogP contribution in [0, 0.1) is 13.8 Å². The van der Waals surface area contributed by atoms with Crippen molar-refractivity contribution in [1.29, 1.82) is 0 Å². The molecule has 0 fully saturated rings. The summed E-state index contributed by atoms with van der Waals surface area (Å²) < 4.78 is 0. The molecular formula is C16H18N2O. The number of carbonyl (C=O) groups is 1. The highest BCUT2D eigenvalue weighted by Crippen LogP contribution is 2.20. The lowest BCUT2D eigenvalue weighted by Crippen LogP contribution is -2.14. The predicted molar refractivity (Wildman–Crippen MR) is 78.2 cm³/mol. The third-order valence-corrected chi connectivity index (χ3v) is 3.14. The van der Waals surface area contributed by atoms with Crippen molar-refractivity contribution in [2.75, 3.05) is 5.32 Å². The topological polar surface area (TPSA) is 55.1 Å². The van der Waals surface area contributed by atoms with Gasteiger partial charge in [-0.05, 0) is 42.7 Å². The van der Waals surface area contributed by atoms with Crippen molar-refractivity contribution in [2.24, 2.45) is 5.73 Å². The Kier molecular flexibility index (Phi) is 3.97. The molecule has 2 aromatic rings. The summed E-state index contributed by atoms with van der Waals surface area (Å²) in [6, 6.07) is 13.3. The fourth-order valence-corrected chi connectivity index (χ4v) is 2.04. The van der Waals surface area contributed by atoms with Gasteiger partial charge in [-0.1, -0.05) is 30.3 Å². The van der Waals surface area contributed by atoms with Crippen LogP contribution in [-0.2, 0) is 6.54 Å². The molecule has 0 bridgehead atoms.